The number of benzene rings is 1. The van der Waals surface area contributed by atoms with Crippen molar-refractivity contribution in [2.24, 2.45) is 0 Å². The zero-order valence-corrected chi connectivity index (χ0v) is 11.5. The fourth-order valence-electron chi connectivity index (χ4n) is 1.54. The molecule has 0 aliphatic carbocycles. The summed E-state index contributed by atoms with van der Waals surface area (Å²) in [5, 5.41) is 19.2. The van der Waals surface area contributed by atoms with Gasteiger partial charge in [-0.15, -0.1) is 0 Å². The van der Waals surface area contributed by atoms with Crippen LogP contribution in [0.3, 0.4) is 0 Å². The van der Waals surface area contributed by atoms with Crippen LogP contribution in [-0.2, 0) is 6.42 Å². The molecule has 0 heterocycles. The first-order valence-electron chi connectivity index (χ1n) is 5.67. The Morgan fingerprint density at radius 3 is 2.78 bits per heavy atom. The Labute approximate surface area is 108 Å². The molecule has 0 amide bonds. The van der Waals surface area contributed by atoms with E-state index in [2.05, 4.69) is 6.07 Å². The van der Waals surface area contributed by atoms with Crippen molar-refractivity contribution >= 4 is 14.7 Å². The van der Waals surface area contributed by atoms with E-state index in [-0.39, 0.29) is 5.69 Å². The molecule has 95 valence electrons. The summed E-state index contributed by atoms with van der Waals surface area (Å²) in [6.07, 6.45) is 1.92. The second kappa shape index (κ2) is 6.76. The number of aryl methyl sites for hydroxylation is 1. The molecule has 1 aromatic carbocycles. The van der Waals surface area contributed by atoms with Crippen molar-refractivity contribution in [3.05, 3.63) is 33.9 Å². The van der Waals surface area contributed by atoms with Gasteiger partial charge in [0.2, 0.25) is 0 Å². The fourth-order valence-corrected chi connectivity index (χ4v) is 2.17. The lowest BCUT2D eigenvalue weighted by atomic mass is 10.1. The van der Waals surface area contributed by atoms with E-state index < -0.39 is 14.0 Å². The number of nitrogens with zero attached hydrogens (tertiary/aromatic N) is 2. The molecular formula is C12H15N2O3Si. The normalized spacial score (nSPS) is 10.1. The predicted octanol–water partition coefficient (Wildman–Crippen LogP) is 3.07. The topological polar surface area (TPSA) is 76.2 Å². The van der Waals surface area contributed by atoms with Crippen LogP contribution < -0.4 is 4.43 Å². The van der Waals surface area contributed by atoms with Crippen LogP contribution in [0.4, 0.5) is 5.69 Å². The van der Waals surface area contributed by atoms with Crippen LogP contribution in [0.25, 0.3) is 0 Å². The molecular weight excluding hydrogens is 248 g/mol. The van der Waals surface area contributed by atoms with Crippen LogP contribution >= 0.6 is 0 Å². The highest BCUT2D eigenvalue weighted by Gasteiger charge is 2.13. The number of hydrogen-bond donors (Lipinski definition) is 0. The fraction of sp³-hybridized carbons (Fsp3) is 0.417. The Bertz CT molecular complexity index is 469. The van der Waals surface area contributed by atoms with Crippen molar-refractivity contribution < 1.29 is 9.35 Å². The average molecular weight is 263 g/mol. The highest BCUT2D eigenvalue weighted by molar-refractivity contribution is 6.49. The Morgan fingerprint density at radius 1 is 1.50 bits per heavy atom. The molecule has 0 saturated carbocycles. The van der Waals surface area contributed by atoms with Crippen molar-refractivity contribution in [2.45, 2.75) is 32.4 Å². The number of non-ortho nitro benzene ring substituents is 1. The standard InChI is InChI=1S/C12H15N2O3Si/c1-18(2)17-12-9-11(14(15)16)7-6-10(12)5-3-4-8-13/h6-7,9H,3-5H2,1-2H3. The van der Waals surface area contributed by atoms with E-state index in [1.54, 1.807) is 6.07 Å². The lowest BCUT2D eigenvalue weighted by molar-refractivity contribution is -0.384. The second-order valence-electron chi connectivity index (χ2n) is 4.07. The molecule has 0 aliphatic rings. The maximum atomic E-state index is 10.7. The van der Waals surface area contributed by atoms with Gasteiger partial charge in [-0.3, -0.25) is 10.1 Å². The number of hydrogen-bond acceptors (Lipinski definition) is 4. The first kappa shape index (κ1) is 14.2. The first-order chi connectivity index (χ1) is 8.54. The number of nitro groups is 1. The molecule has 1 radical (unpaired) electrons. The van der Waals surface area contributed by atoms with E-state index in [0.29, 0.717) is 18.6 Å². The van der Waals surface area contributed by atoms with Gasteiger partial charge in [0.15, 0.2) is 0 Å². The molecule has 1 aromatic rings. The van der Waals surface area contributed by atoms with Crippen molar-refractivity contribution in [3.63, 3.8) is 0 Å². The summed E-state index contributed by atoms with van der Waals surface area (Å²) in [7, 11) is -0.968. The third kappa shape index (κ3) is 4.18. The first-order valence-corrected chi connectivity index (χ1v) is 8.07. The van der Waals surface area contributed by atoms with E-state index >= 15 is 0 Å². The van der Waals surface area contributed by atoms with Gasteiger partial charge in [0.25, 0.3) is 14.7 Å². The molecule has 0 fully saturated rings. The minimum Gasteiger partial charge on any atom is -0.542 e. The third-order valence-corrected chi connectivity index (χ3v) is 2.94. The van der Waals surface area contributed by atoms with Gasteiger partial charge >= 0.3 is 0 Å². The molecule has 0 atom stereocenters. The molecule has 18 heavy (non-hydrogen) atoms. The molecule has 1 rings (SSSR count). The summed E-state index contributed by atoms with van der Waals surface area (Å²) in [4.78, 5) is 10.3. The quantitative estimate of drug-likeness (QED) is 0.342. The van der Waals surface area contributed by atoms with Gasteiger partial charge < -0.3 is 4.43 Å². The van der Waals surface area contributed by atoms with Crippen LogP contribution in [-0.4, -0.2) is 14.0 Å². The minimum atomic E-state index is -0.968. The van der Waals surface area contributed by atoms with Gasteiger partial charge in [0.05, 0.1) is 17.1 Å². The lowest BCUT2D eigenvalue weighted by Crippen LogP contribution is -2.12. The van der Waals surface area contributed by atoms with Crippen LogP contribution in [0, 0.1) is 21.4 Å². The van der Waals surface area contributed by atoms with Gasteiger partial charge in [-0.1, -0.05) is 0 Å². The van der Waals surface area contributed by atoms with Crippen LogP contribution in [0.5, 0.6) is 5.75 Å². The molecule has 6 heteroatoms. The Morgan fingerprint density at radius 2 is 2.22 bits per heavy atom. The van der Waals surface area contributed by atoms with Crippen molar-refractivity contribution in [1.29, 1.82) is 5.26 Å². The van der Waals surface area contributed by atoms with Crippen LogP contribution in [0.2, 0.25) is 13.1 Å². The average Bonchev–Trinajstić information content (AvgIpc) is 2.30. The molecule has 0 bridgehead atoms. The van der Waals surface area contributed by atoms with Crippen molar-refractivity contribution in [2.75, 3.05) is 0 Å². The number of unbranched alkanes of at least 4 members (excludes halogenated alkanes) is 1. The van der Waals surface area contributed by atoms with E-state index in [4.69, 9.17) is 9.69 Å². The molecule has 0 spiro atoms. The molecule has 0 aromatic heterocycles. The van der Waals surface area contributed by atoms with E-state index in [1.807, 2.05) is 13.1 Å². The largest absolute Gasteiger partial charge is 0.542 e. The smallest absolute Gasteiger partial charge is 0.274 e. The Balaban J connectivity index is 2.93. The zero-order valence-electron chi connectivity index (χ0n) is 10.5. The Hall–Kier alpha value is -1.87. The lowest BCUT2D eigenvalue weighted by Gasteiger charge is -2.13. The van der Waals surface area contributed by atoms with E-state index in [0.717, 1.165) is 12.0 Å². The maximum absolute atomic E-state index is 10.7. The highest BCUT2D eigenvalue weighted by Crippen LogP contribution is 2.26. The summed E-state index contributed by atoms with van der Waals surface area (Å²) >= 11 is 0. The summed E-state index contributed by atoms with van der Waals surface area (Å²) in [6.45, 7) is 3.95. The minimum absolute atomic E-state index is 0.0392. The number of nitro benzene ring substituents is 1. The molecule has 0 aliphatic heterocycles. The van der Waals surface area contributed by atoms with Gasteiger partial charge in [0.1, 0.15) is 5.75 Å². The van der Waals surface area contributed by atoms with E-state index in [9.17, 15) is 10.1 Å². The van der Waals surface area contributed by atoms with Crippen LogP contribution in [0.1, 0.15) is 18.4 Å². The SMILES string of the molecule is C[Si](C)Oc1cc([N+](=O)[O-])ccc1CCCC#N. The third-order valence-electron chi connectivity index (χ3n) is 2.31. The maximum Gasteiger partial charge on any atom is 0.274 e. The van der Waals surface area contributed by atoms with Gasteiger partial charge in [-0.2, -0.15) is 5.26 Å². The van der Waals surface area contributed by atoms with E-state index in [1.165, 1.54) is 12.1 Å². The molecule has 0 saturated heterocycles. The van der Waals surface area contributed by atoms with Gasteiger partial charge in [-0.05, 0) is 37.6 Å². The summed E-state index contributed by atoms with van der Waals surface area (Å²) < 4.78 is 5.68. The Kier molecular flexibility index (Phi) is 5.33. The zero-order chi connectivity index (χ0) is 13.5. The summed E-state index contributed by atoms with van der Waals surface area (Å²) in [5.74, 6) is 0.584. The predicted molar refractivity (Wildman–Crippen MR) is 69.8 cm³/mol. The number of nitriles is 1. The van der Waals surface area contributed by atoms with Gasteiger partial charge in [-0.25, -0.2) is 0 Å². The monoisotopic (exact) mass is 263 g/mol. The van der Waals surface area contributed by atoms with Crippen molar-refractivity contribution in [3.8, 4) is 11.8 Å². The molecule has 0 unspecified atom stereocenters. The second-order valence-corrected chi connectivity index (χ2v) is 6.09. The molecule has 0 N–H and O–H groups in total. The number of rotatable bonds is 6. The van der Waals surface area contributed by atoms with Crippen LogP contribution in [0.15, 0.2) is 18.2 Å². The van der Waals surface area contributed by atoms with Crippen molar-refractivity contribution in [1.82, 2.24) is 0 Å². The molecule has 5 nitrogen and oxygen atoms in total. The summed E-state index contributed by atoms with van der Waals surface area (Å²) in [6, 6.07) is 6.75. The van der Waals surface area contributed by atoms with Gasteiger partial charge in [0, 0.05) is 12.5 Å². The summed E-state index contributed by atoms with van der Waals surface area (Å²) in [5.41, 5.74) is 0.972. The highest BCUT2D eigenvalue weighted by atomic mass is 28.3.